The third-order valence-corrected chi connectivity index (χ3v) is 4.13. The van der Waals surface area contributed by atoms with Crippen molar-refractivity contribution in [2.24, 2.45) is 0 Å². The Kier molecular flexibility index (Phi) is 6.52. The second-order valence-electron chi connectivity index (χ2n) is 5.91. The van der Waals surface area contributed by atoms with Gasteiger partial charge in [-0.05, 0) is 31.0 Å². The topological polar surface area (TPSA) is 42.0 Å². The lowest BCUT2D eigenvalue weighted by Crippen LogP contribution is -2.51. The Balaban J connectivity index is 1.77. The summed E-state index contributed by atoms with van der Waals surface area (Å²) in [5, 5.41) is 0. The van der Waals surface area contributed by atoms with E-state index in [-0.39, 0.29) is 12.4 Å². The monoisotopic (exact) mass is 359 g/mol. The Morgan fingerprint density at radius 3 is 2.32 bits per heavy atom. The summed E-state index contributed by atoms with van der Waals surface area (Å²) >= 11 is 0. The minimum Gasteiger partial charge on any atom is -0.445 e. The number of amides is 1. The van der Waals surface area contributed by atoms with E-state index < -0.39 is 12.5 Å². The Morgan fingerprint density at radius 2 is 1.80 bits per heavy atom. The number of nitrogens with zero attached hydrogens (tertiary/aromatic N) is 2. The highest BCUT2D eigenvalue weighted by Gasteiger charge is 2.31. The number of piperazine rings is 1. The van der Waals surface area contributed by atoms with Crippen LogP contribution in [0.25, 0.3) is 0 Å². The van der Waals surface area contributed by atoms with Crippen LogP contribution in [0.5, 0.6) is 5.75 Å². The molecular formula is C17H22F3N2O3. The van der Waals surface area contributed by atoms with Gasteiger partial charge in [-0.25, -0.2) is 4.79 Å². The molecule has 139 valence electrons. The van der Waals surface area contributed by atoms with E-state index >= 15 is 0 Å². The van der Waals surface area contributed by atoms with Gasteiger partial charge in [-0.15, -0.1) is 13.2 Å². The molecule has 1 saturated heterocycles. The number of hydrogen-bond acceptors (Lipinski definition) is 4. The minimum absolute atomic E-state index is 0.000623. The van der Waals surface area contributed by atoms with Gasteiger partial charge < -0.3 is 14.4 Å². The van der Waals surface area contributed by atoms with Crippen molar-refractivity contribution < 1.29 is 27.4 Å². The second kappa shape index (κ2) is 8.42. The maximum atomic E-state index is 12.1. The molecule has 0 bridgehead atoms. The van der Waals surface area contributed by atoms with E-state index in [2.05, 4.69) is 23.5 Å². The predicted molar refractivity (Wildman–Crippen MR) is 85.9 cm³/mol. The number of carbonyl (C=O) groups excluding carboxylic acids is 1. The molecule has 1 amide bonds. The van der Waals surface area contributed by atoms with E-state index in [4.69, 9.17) is 4.74 Å². The molecule has 5 nitrogen and oxygen atoms in total. The number of benzene rings is 1. The van der Waals surface area contributed by atoms with Crippen molar-refractivity contribution in [2.45, 2.75) is 32.4 Å². The first-order chi connectivity index (χ1) is 11.8. The fourth-order valence-corrected chi connectivity index (χ4v) is 2.55. The summed E-state index contributed by atoms with van der Waals surface area (Å²) in [6, 6.07) is 5.63. The fourth-order valence-electron chi connectivity index (χ4n) is 2.55. The van der Waals surface area contributed by atoms with Crippen molar-refractivity contribution in [1.82, 2.24) is 9.80 Å². The highest BCUT2D eigenvalue weighted by atomic mass is 19.4. The van der Waals surface area contributed by atoms with Crippen LogP contribution >= 0.6 is 0 Å². The van der Waals surface area contributed by atoms with Gasteiger partial charge in [0, 0.05) is 32.2 Å². The average molecular weight is 359 g/mol. The van der Waals surface area contributed by atoms with Crippen LogP contribution in [0.2, 0.25) is 0 Å². The zero-order chi connectivity index (χ0) is 18.4. The third kappa shape index (κ3) is 6.12. The summed E-state index contributed by atoms with van der Waals surface area (Å²) in [6.45, 7) is 8.71. The number of hydrogen-bond donors (Lipinski definition) is 0. The van der Waals surface area contributed by atoms with E-state index in [1.807, 2.05) is 0 Å². The molecule has 1 atom stereocenters. The van der Waals surface area contributed by atoms with E-state index in [0.29, 0.717) is 24.7 Å². The molecule has 2 rings (SSSR count). The van der Waals surface area contributed by atoms with Crippen molar-refractivity contribution >= 4 is 6.09 Å². The Bertz CT molecular complexity index is 555. The molecule has 1 radical (unpaired) electrons. The van der Waals surface area contributed by atoms with Crippen molar-refractivity contribution in [1.29, 1.82) is 0 Å². The standard InChI is InChI=1S/C17H22F3N2O3/c1-3-13(2)21-8-10-22(11-9-21)16(23)24-12-14-4-6-15(7-5-14)25-17(18,19)20/h4-7,13H,1,3,8-12H2,2H3. The molecule has 8 heteroatoms. The van der Waals surface area contributed by atoms with Gasteiger partial charge in [-0.3, -0.25) is 4.90 Å². The van der Waals surface area contributed by atoms with Crippen LogP contribution in [0.3, 0.4) is 0 Å². The lowest BCUT2D eigenvalue weighted by atomic mass is 10.2. The predicted octanol–water partition coefficient (Wildman–Crippen LogP) is 3.45. The number of ether oxygens (including phenoxy) is 2. The van der Waals surface area contributed by atoms with Gasteiger partial charge in [0.1, 0.15) is 12.4 Å². The maximum Gasteiger partial charge on any atom is 0.573 e. The minimum atomic E-state index is -4.72. The van der Waals surface area contributed by atoms with Crippen LogP contribution < -0.4 is 4.74 Å². The number of halogens is 3. The fraction of sp³-hybridized carbons (Fsp3) is 0.529. The van der Waals surface area contributed by atoms with Gasteiger partial charge in [0.05, 0.1) is 0 Å². The normalized spacial score (nSPS) is 17.2. The zero-order valence-electron chi connectivity index (χ0n) is 14.1. The van der Waals surface area contributed by atoms with Crippen LogP contribution in [0.4, 0.5) is 18.0 Å². The van der Waals surface area contributed by atoms with Crippen LogP contribution in [-0.4, -0.2) is 54.5 Å². The molecule has 1 aliphatic heterocycles. The van der Waals surface area contributed by atoms with Gasteiger partial charge in [0.15, 0.2) is 0 Å². The highest BCUT2D eigenvalue weighted by Crippen LogP contribution is 2.23. The third-order valence-electron chi connectivity index (χ3n) is 4.13. The molecule has 1 aliphatic rings. The molecule has 0 saturated carbocycles. The number of rotatable bonds is 5. The van der Waals surface area contributed by atoms with Gasteiger partial charge >= 0.3 is 12.5 Å². The summed E-state index contributed by atoms with van der Waals surface area (Å²) in [5.41, 5.74) is 0.590. The molecule has 0 N–H and O–H groups in total. The number of alkyl halides is 3. The maximum absolute atomic E-state index is 12.1. The van der Waals surface area contributed by atoms with Gasteiger partial charge in [0.2, 0.25) is 0 Å². The van der Waals surface area contributed by atoms with E-state index in [0.717, 1.165) is 19.5 Å². The van der Waals surface area contributed by atoms with E-state index in [9.17, 15) is 18.0 Å². The Morgan fingerprint density at radius 1 is 1.20 bits per heavy atom. The highest BCUT2D eigenvalue weighted by molar-refractivity contribution is 5.67. The summed E-state index contributed by atoms with van der Waals surface area (Å²) < 4.78 is 45.3. The van der Waals surface area contributed by atoms with Crippen molar-refractivity contribution in [3.8, 4) is 5.75 Å². The smallest absolute Gasteiger partial charge is 0.445 e. The summed E-state index contributed by atoms with van der Waals surface area (Å²) in [5.74, 6) is -0.307. The van der Waals surface area contributed by atoms with E-state index in [1.54, 1.807) is 4.90 Å². The molecule has 25 heavy (non-hydrogen) atoms. The molecule has 1 aromatic rings. The molecule has 0 spiro atoms. The van der Waals surface area contributed by atoms with Gasteiger partial charge in [-0.1, -0.05) is 19.1 Å². The van der Waals surface area contributed by atoms with E-state index in [1.165, 1.54) is 24.3 Å². The van der Waals surface area contributed by atoms with Crippen molar-refractivity contribution in [2.75, 3.05) is 26.2 Å². The molecule has 0 aromatic heterocycles. The Hall–Kier alpha value is -1.96. The van der Waals surface area contributed by atoms with Crippen LogP contribution in [0, 0.1) is 6.92 Å². The first kappa shape index (κ1) is 19.4. The first-order valence-corrected chi connectivity index (χ1v) is 8.08. The summed E-state index contributed by atoms with van der Waals surface area (Å²) in [6.07, 6.45) is -4.32. The summed E-state index contributed by atoms with van der Waals surface area (Å²) in [7, 11) is 0. The van der Waals surface area contributed by atoms with Crippen LogP contribution in [-0.2, 0) is 11.3 Å². The Labute approximate surface area is 145 Å². The van der Waals surface area contributed by atoms with Gasteiger partial charge in [0.25, 0.3) is 0 Å². The second-order valence-corrected chi connectivity index (χ2v) is 5.91. The van der Waals surface area contributed by atoms with Gasteiger partial charge in [-0.2, -0.15) is 0 Å². The van der Waals surface area contributed by atoms with Crippen molar-refractivity contribution in [3.05, 3.63) is 36.8 Å². The molecule has 0 aliphatic carbocycles. The van der Waals surface area contributed by atoms with Crippen molar-refractivity contribution in [3.63, 3.8) is 0 Å². The molecule has 1 fully saturated rings. The first-order valence-electron chi connectivity index (χ1n) is 8.08. The number of carbonyl (C=O) groups is 1. The lowest BCUT2D eigenvalue weighted by Gasteiger charge is -2.37. The largest absolute Gasteiger partial charge is 0.573 e. The van der Waals surface area contributed by atoms with Crippen LogP contribution in [0.1, 0.15) is 18.9 Å². The van der Waals surface area contributed by atoms with Crippen LogP contribution in [0.15, 0.2) is 24.3 Å². The quantitative estimate of drug-likeness (QED) is 0.808. The summed E-state index contributed by atoms with van der Waals surface area (Å²) in [4.78, 5) is 16.0. The average Bonchev–Trinajstić information content (AvgIpc) is 2.59. The molecular weight excluding hydrogens is 337 g/mol. The molecule has 1 heterocycles. The lowest BCUT2D eigenvalue weighted by molar-refractivity contribution is -0.274. The zero-order valence-corrected chi connectivity index (χ0v) is 14.1. The molecule has 1 aromatic carbocycles. The SMILES string of the molecule is [CH2]CC(C)N1CCN(C(=O)OCc2ccc(OC(F)(F)F)cc2)CC1. The molecule has 1 unspecified atom stereocenters.